The lowest BCUT2D eigenvalue weighted by Gasteiger charge is -2.00. The first kappa shape index (κ1) is 8.46. The Balaban J connectivity index is 2.17. The monoisotopic (exact) mass is 191 g/mol. The Labute approximate surface area is 81.5 Å². The van der Waals surface area contributed by atoms with Gasteiger partial charge in [-0.1, -0.05) is 0 Å². The molecule has 0 aliphatic carbocycles. The molecular formula is C10H9NOS. The van der Waals surface area contributed by atoms with Crippen molar-refractivity contribution >= 4 is 11.8 Å². The summed E-state index contributed by atoms with van der Waals surface area (Å²) in [6.45, 7) is 0.793. The standard InChI is InChI=1S/C10H9NOS/c11-4-6-13-9-1-2-10-8(7-9)3-5-12-10/h1-2,7H,3,5-6H2. The van der Waals surface area contributed by atoms with Gasteiger partial charge in [0.1, 0.15) is 5.75 Å². The number of thioether (sulfide) groups is 1. The van der Waals surface area contributed by atoms with Crippen molar-refractivity contribution in [3.63, 3.8) is 0 Å². The summed E-state index contributed by atoms with van der Waals surface area (Å²) in [7, 11) is 0. The van der Waals surface area contributed by atoms with Crippen molar-refractivity contribution in [1.82, 2.24) is 0 Å². The van der Waals surface area contributed by atoms with Gasteiger partial charge >= 0.3 is 0 Å². The van der Waals surface area contributed by atoms with Crippen LogP contribution in [0.25, 0.3) is 0 Å². The van der Waals surface area contributed by atoms with E-state index < -0.39 is 0 Å². The Morgan fingerprint density at radius 1 is 1.54 bits per heavy atom. The fourth-order valence-corrected chi connectivity index (χ4v) is 1.99. The topological polar surface area (TPSA) is 33.0 Å². The van der Waals surface area contributed by atoms with Crippen molar-refractivity contribution in [1.29, 1.82) is 5.26 Å². The molecular weight excluding hydrogens is 182 g/mol. The van der Waals surface area contributed by atoms with Gasteiger partial charge in [-0.05, 0) is 23.8 Å². The maximum atomic E-state index is 8.43. The zero-order chi connectivity index (χ0) is 9.10. The van der Waals surface area contributed by atoms with Crippen LogP contribution in [0, 0.1) is 11.3 Å². The summed E-state index contributed by atoms with van der Waals surface area (Å²) in [5.41, 5.74) is 1.27. The summed E-state index contributed by atoms with van der Waals surface area (Å²) in [5.74, 6) is 1.51. The first-order valence-electron chi connectivity index (χ1n) is 4.15. The molecule has 0 fully saturated rings. The van der Waals surface area contributed by atoms with Crippen LogP contribution in [0.15, 0.2) is 23.1 Å². The molecule has 3 heteroatoms. The van der Waals surface area contributed by atoms with Gasteiger partial charge in [0.05, 0.1) is 18.4 Å². The summed E-state index contributed by atoms with van der Waals surface area (Å²) in [5, 5.41) is 8.43. The highest BCUT2D eigenvalue weighted by Gasteiger charge is 2.11. The molecule has 2 nitrogen and oxygen atoms in total. The van der Waals surface area contributed by atoms with E-state index in [1.54, 1.807) is 11.8 Å². The predicted molar refractivity (Wildman–Crippen MR) is 52.0 cm³/mol. The molecule has 2 rings (SSSR count). The zero-order valence-electron chi connectivity index (χ0n) is 7.12. The molecule has 66 valence electrons. The third-order valence-electron chi connectivity index (χ3n) is 1.96. The number of benzene rings is 1. The summed E-state index contributed by atoms with van der Waals surface area (Å²) in [6, 6.07) is 8.23. The van der Waals surface area contributed by atoms with Crippen molar-refractivity contribution in [3.8, 4) is 11.8 Å². The molecule has 0 unspecified atom stereocenters. The number of fused-ring (bicyclic) bond motifs is 1. The Kier molecular flexibility index (Phi) is 2.42. The third kappa shape index (κ3) is 1.78. The number of nitriles is 1. The lowest BCUT2D eigenvalue weighted by atomic mass is 10.2. The van der Waals surface area contributed by atoms with Gasteiger partial charge in [0.25, 0.3) is 0 Å². The van der Waals surface area contributed by atoms with E-state index >= 15 is 0 Å². The summed E-state index contributed by atoms with van der Waals surface area (Å²) in [6.07, 6.45) is 0.996. The second kappa shape index (κ2) is 3.71. The minimum Gasteiger partial charge on any atom is -0.493 e. The number of ether oxygens (including phenoxy) is 1. The number of hydrogen-bond donors (Lipinski definition) is 0. The molecule has 0 amide bonds. The Hall–Kier alpha value is -1.14. The molecule has 0 atom stereocenters. The molecule has 1 aromatic rings. The van der Waals surface area contributed by atoms with Crippen LogP contribution in [-0.2, 0) is 6.42 Å². The van der Waals surface area contributed by atoms with Gasteiger partial charge in [0.15, 0.2) is 0 Å². The smallest absolute Gasteiger partial charge is 0.122 e. The molecule has 0 bridgehead atoms. The van der Waals surface area contributed by atoms with Crippen LogP contribution < -0.4 is 4.74 Å². The van der Waals surface area contributed by atoms with E-state index in [-0.39, 0.29) is 0 Å². The molecule has 0 saturated heterocycles. The van der Waals surface area contributed by atoms with Gasteiger partial charge in [-0.3, -0.25) is 0 Å². The summed E-state index contributed by atoms with van der Waals surface area (Å²) < 4.78 is 5.38. The lowest BCUT2D eigenvalue weighted by molar-refractivity contribution is 0.357. The molecule has 0 radical (unpaired) electrons. The van der Waals surface area contributed by atoms with E-state index in [1.807, 2.05) is 12.1 Å². The zero-order valence-corrected chi connectivity index (χ0v) is 7.93. The minimum atomic E-state index is 0.514. The van der Waals surface area contributed by atoms with Crippen molar-refractivity contribution in [2.45, 2.75) is 11.3 Å². The van der Waals surface area contributed by atoms with Crippen LogP contribution >= 0.6 is 11.8 Å². The largest absolute Gasteiger partial charge is 0.493 e. The van der Waals surface area contributed by atoms with Crippen LogP contribution in [-0.4, -0.2) is 12.4 Å². The van der Waals surface area contributed by atoms with Gasteiger partial charge < -0.3 is 4.74 Å². The highest BCUT2D eigenvalue weighted by molar-refractivity contribution is 7.99. The number of nitrogens with zero attached hydrogens (tertiary/aromatic N) is 1. The SMILES string of the molecule is N#CCSc1ccc2c(c1)CCO2. The lowest BCUT2D eigenvalue weighted by Crippen LogP contribution is -1.85. The van der Waals surface area contributed by atoms with Crippen molar-refractivity contribution < 1.29 is 4.74 Å². The van der Waals surface area contributed by atoms with Crippen LogP contribution in [0.2, 0.25) is 0 Å². The number of hydrogen-bond acceptors (Lipinski definition) is 3. The van der Waals surface area contributed by atoms with Gasteiger partial charge in [0, 0.05) is 11.3 Å². The Morgan fingerprint density at radius 3 is 3.31 bits per heavy atom. The second-order valence-electron chi connectivity index (χ2n) is 2.81. The fourth-order valence-electron chi connectivity index (χ4n) is 1.37. The summed E-state index contributed by atoms with van der Waals surface area (Å²) in [4.78, 5) is 1.16. The van der Waals surface area contributed by atoms with Crippen molar-refractivity contribution in [2.24, 2.45) is 0 Å². The van der Waals surface area contributed by atoms with E-state index in [4.69, 9.17) is 10.00 Å². The molecule has 0 spiro atoms. The van der Waals surface area contributed by atoms with Gasteiger partial charge in [0.2, 0.25) is 0 Å². The average Bonchev–Trinajstić information content (AvgIpc) is 2.61. The molecule has 0 saturated carbocycles. The molecule has 13 heavy (non-hydrogen) atoms. The minimum absolute atomic E-state index is 0.514. The van der Waals surface area contributed by atoms with Crippen molar-refractivity contribution in [2.75, 3.05) is 12.4 Å². The van der Waals surface area contributed by atoms with Crippen LogP contribution in [0.1, 0.15) is 5.56 Å². The third-order valence-corrected chi connectivity index (χ3v) is 2.83. The highest BCUT2D eigenvalue weighted by atomic mass is 32.2. The first-order valence-corrected chi connectivity index (χ1v) is 5.14. The van der Waals surface area contributed by atoms with Gasteiger partial charge in [-0.2, -0.15) is 5.26 Å². The first-order chi connectivity index (χ1) is 6.40. The second-order valence-corrected chi connectivity index (χ2v) is 3.86. The fraction of sp³-hybridized carbons (Fsp3) is 0.300. The van der Waals surface area contributed by atoms with Gasteiger partial charge in [-0.15, -0.1) is 11.8 Å². The van der Waals surface area contributed by atoms with E-state index in [0.717, 1.165) is 23.7 Å². The molecule has 1 aliphatic rings. The number of rotatable bonds is 2. The molecule has 0 aromatic heterocycles. The molecule has 1 aromatic carbocycles. The Bertz CT molecular complexity index is 356. The molecule has 0 N–H and O–H groups in total. The van der Waals surface area contributed by atoms with E-state index in [0.29, 0.717) is 5.75 Å². The maximum Gasteiger partial charge on any atom is 0.122 e. The maximum absolute atomic E-state index is 8.43. The van der Waals surface area contributed by atoms with Crippen molar-refractivity contribution in [3.05, 3.63) is 23.8 Å². The molecule has 1 heterocycles. The quantitative estimate of drug-likeness (QED) is 0.672. The van der Waals surface area contributed by atoms with Crippen LogP contribution in [0.4, 0.5) is 0 Å². The van der Waals surface area contributed by atoms with E-state index in [9.17, 15) is 0 Å². The normalized spacial score (nSPS) is 13.2. The Morgan fingerprint density at radius 2 is 2.46 bits per heavy atom. The summed E-state index contributed by atoms with van der Waals surface area (Å²) >= 11 is 1.57. The highest BCUT2D eigenvalue weighted by Crippen LogP contribution is 2.29. The average molecular weight is 191 g/mol. The molecule has 1 aliphatic heterocycles. The predicted octanol–water partition coefficient (Wildman–Crippen LogP) is 2.24. The van der Waals surface area contributed by atoms with Gasteiger partial charge in [-0.25, -0.2) is 0 Å². The van der Waals surface area contributed by atoms with E-state index in [2.05, 4.69) is 12.1 Å². The van der Waals surface area contributed by atoms with Crippen LogP contribution in [0.5, 0.6) is 5.75 Å². The van der Waals surface area contributed by atoms with Crippen LogP contribution in [0.3, 0.4) is 0 Å². The van der Waals surface area contributed by atoms with E-state index in [1.165, 1.54) is 5.56 Å².